The van der Waals surface area contributed by atoms with Crippen LogP contribution in [0.1, 0.15) is 363 Å². The number of rotatable bonds is 70. The number of unbranched alkanes of at least 4 members (excludes halogenated alkanes) is 38. The lowest BCUT2D eigenvalue weighted by atomic mass is 10.0. The third-order valence-corrected chi connectivity index (χ3v) is 18.5. The maximum atomic E-state index is 13.0. The van der Waals surface area contributed by atoms with Gasteiger partial charge in [-0.05, 0) is 43.4 Å². The Bertz CT molecular complexity index is 1780. The molecule has 0 saturated carbocycles. The summed E-state index contributed by atoms with van der Waals surface area (Å²) in [5.41, 5.74) is 0. The fourth-order valence-electron chi connectivity index (χ4n) is 10.9. The molecule has 19 heteroatoms. The first-order valence-electron chi connectivity index (χ1n) is 37.3. The van der Waals surface area contributed by atoms with E-state index in [1.807, 2.05) is 0 Å². The number of esters is 4. The average Bonchev–Trinajstić information content (AvgIpc) is 2.61. The molecular formula is C72H140O17P2. The highest BCUT2D eigenvalue weighted by Crippen LogP contribution is 2.45. The third-order valence-electron chi connectivity index (χ3n) is 16.6. The van der Waals surface area contributed by atoms with Gasteiger partial charge in [0.05, 0.1) is 26.4 Å². The molecule has 17 nitrogen and oxygen atoms in total. The summed E-state index contributed by atoms with van der Waals surface area (Å²) < 4.78 is 68.3. The molecule has 0 spiro atoms. The molecule has 3 N–H and O–H groups in total. The van der Waals surface area contributed by atoms with Gasteiger partial charge in [0, 0.05) is 25.7 Å². The highest BCUT2D eigenvalue weighted by Gasteiger charge is 2.30. The molecule has 0 radical (unpaired) electrons. The summed E-state index contributed by atoms with van der Waals surface area (Å²) in [5, 5.41) is 10.6. The molecule has 0 aliphatic carbocycles. The first kappa shape index (κ1) is 89.1. The standard InChI is InChI=1S/C72H140O17P2/c1-8-9-10-11-12-13-14-15-16-17-18-19-20-21-22-23-33-41-48-55-71(76)88-67(59-82-69(74)53-46-39-32-26-24-29-36-43-50-63(2)3)61-86-90(78,79)84-57-66(73)58-85-91(80,81)87-62-68(60-83-70(75)54-47-40-35-28-31-38-45-52-65(6)7)89-72(77)56-49-42-34-27-25-30-37-44-51-64(4)5/h63-68,73H,8-62H2,1-7H3,(H,78,79)(H,80,81)/t66-,67-,68-/m1/s1. The van der Waals surface area contributed by atoms with E-state index in [-0.39, 0.29) is 25.7 Å². The molecular weight excluding hydrogens is 1200 g/mol. The maximum absolute atomic E-state index is 13.0. The lowest BCUT2D eigenvalue weighted by Gasteiger charge is -2.21. The fraction of sp³-hybridized carbons (Fsp3) is 0.944. The molecule has 0 aromatic heterocycles. The zero-order valence-corrected chi connectivity index (χ0v) is 61.1. The Balaban J connectivity index is 5.21. The quantitative estimate of drug-likeness (QED) is 0.0222. The Kier molecular flexibility index (Phi) is 61.5. The number of hydrogen-bond acceptors (Lipinski definition) is 15. The number of phosphoric acid groups is 2. The van der Waals surface area contributed by atoms with Crippen LogP contribution in [0.15, 0.2) is 0 Å². The minimum Gasteiger partial charge on any atom is -0.462 e. The zero-order valence-electron chi connectivity index (χ0n) is 59.3. The molecule has 0 rings (SSSR count). The maximum Gasteiger partial charge on any atom is 0.472 e. The van der Waals surface area contributed by atoms with Crippen molar-refractivity contribution in [1.82, 2.24) is 0 Å². The molecule has 0 aliphatic rings. The molecule has 0 aliphatic heterocycles. The van der Waals surface area contributed by atoms with Gasteiger partial charge in [-0.3, -0.25) is 37.3 Å². The van der Waals surface area contributed by atoms with Crippen LogP contribution >= 0.6 is 15.6 Å². The second-order valence-corrected chi connectivity index (χ2v) is 30.3. The van der Waals surface area contributed by atoms with E-state index in [4.69, 9.17) is 37.0 Å². The van der Waals surface area contributed by atoms with Crippen LogP contribution in [-0.4, -0.2) is 96.7 Å². The van der Waals surface area contributed by atoms with E-state index >= 15 is 0 Å². The molecule has 0 heterocycles. The van der Waals surface area contributed by atoms with E-state index in [1.54, 1.807) is 0 Å². The summed E-state index contributed by atoms with van der Waals surface area (Å²) >= 11 is 0. The van der Waals surface area contributed by atoms with Crippen LogP contribution in [-0.2, 0) is 65.4 Å². The molecule has 0 aromatic rings. The van der Waals surface area contributed by atoms with Gasteiger partial charge in [0.25, 0.3) is 0 Å². The fourth-order valence-corrected chi connectivity index (χ4v) is 12.5. The van der Waals surface area contributed by atoms with Gasteiger partial charge in [0.1, 0.15) is 19.3 Å². The summed E-state index contributed by atoms with van der Waals surface area (Å²) in [7, 11) is -9.90. The SMILES string of the molecule is CCCCCCCCCCCCCCCCCCCCCC(=O)O[C@H](COC(=O)CCCCCCCCCCC(C)C)COP(=O)(O)OC[C@@H](O)COP(=O)(O)OC[C@@H](COC(=O)CCCCCCCCCC(C)C)OC(=O)CCCCCCCCCCC(C)C. The van der Waals surface area contributed by atoms with Crippen LogP contribution in [0.2, 0.25) is 0 Å². The average molecular weight is 1340 g/mol. The van der Waals surface area contributed by atoms with Gasteiger partial charge in [0.2, 0.25) is 0 Å². The van der Waals surface area contributed by atoms with E-state index in [0.29, 0.717) is 31.6 Å². The van der Waals surface area contributed by atoms with Gasteiger partial charge in [-0.15, -0.1) is 0 Å². The van der Waals surface area contributed by atoms with Crippen molar-refractivity contribution in [2.24, 2.45) is 17.8 Å². The number of ether oxygens (including phenoxy) is 4. The van der Waals surface area contributed by atoms with Crippen molar-refractivity contribution in [3.63, 3.8) is 0 Å². The van der Waals surface area contributed by atoms with E-state index in [9.17, 15) is 43.2 Å². The predicted octanol–water partition coefficient (Wildman–Crippen LogP) is 20.6. The smallest absolute Gasteiger partial charge is 0.462 e. The molecule has 0 fully saturated rings. The Morgan fingerprint density at radius 3 is 0.747 bits per heavy atom. The van der Waals surface area contributed by atoms with Crippen LogP contribution < -0.4 is 0 Å². The van der Waals surface area contributed by atoms with Crippen LogP contribution in [0, 0.1) is 17.8 Å². The summed E-state index contributed by atoms with van der Waals surface area (Å²) in [6, 6.07) is 0. The number of carbonyl (C=O) groups excluding carboxylic acids is 4. The van der Waals surface area contributed by atoms with Crippen LogP contribution in [0.25, 0.3) is 0 Å². The van der Waals surface area contributed by atoms with Gasteiger partial charge in [-0.1, -0.05) is 312 Å². The van der Waals surface area contributed by atoms with Gasteiger partial charge >= 0.3 is 39.5 Å². The van der Waals surface area contributed by atoms with E-state index in [2.05, 4.69) is 48.5 Å². The monoisotopic (exact) mass is 1340 g/mol. The Morgan fingerprint density at radius 1 is 0.297 bits per heavy atom. The summed E-state index contributed by atoms with van der Waals surface area (Å²) in [6.45, 7) is 11.7. The molecule has 540 valence electrons. The van der Waals surface area contributed by atoms with Crippen LogP contribution in [0.5, 0.6) is 0 Å². The normalized spacial score (nSPS) is 14.2. The van der Waals surface area contributed by atoms with E-state index < -0.39 is 97.5 Å². The first-order chi connectivity index (χ1) is 43.7. The van der Waals surface area contributed by atoms with Crippen molar-refractivity contribution in [3.8, 4) is 0 Å². The lowest BCUT2D eigenvalue weighted by molar-refractivity contribution is -0.161. The highest BCUT2D eigenvalue weighted by molar-refractivity contribution is 7.47. The zero-order chi connectivity index (χ0) is 67.3. The predicted molar refractivity (Wildman–Crippen MR) is 368 cm³/mol. The second-order valence-electron chi connectivity index (χ2n) is 27.4. The van der Waals surface area contributed by atoms with Crippen molar-refractivity contribution in [3.05, 3.63) is 0 Å². The topological polar surface area (TPSA) is 237 Å². The van der Waals surface area contributed by atoms with Crippen LogP contribution in [0.4, 0.5) is 0 Å². The van der Waals surface area contributed by atoms with Gasteiger partial charge < -0.3 is 33.8 Å². The molecule has 0 saturated heterocycles. The van der Waals surface area contributed by atoms with Gasteiger partial charge in [0.15, 0.2) is 12.2 Å². The molecule has 0 aromatic carbocycles. The largest absolute Gasteiger partial charge is 0.472 e. The summed E-state index contributed by atoms with van der Waals surface area (Å²) in [5.74, 6) is 0.0219. The van der Waals surface area contributed by atoms with Gasteiger partial charge in [-0.2, -0.15) is 0 Å². The van der Waals surface area contributed by atoms with Crippen molar-refractivity contribution >= 4 is 39.5 Å². The summed E-state index contributed by atoms with van der Waals surface area (Å²) in [6.07, 6.45) is 47.5. The molecule has 0 bridgehead atoms. The van der Waals surface area contributed by atoms with E-state index in [0.717, 1.165) is 108 Å². The Labute approximate surface area is 556 Å². The summed E-state index contributed by atoms with van der Waals surface area (Å²) in [4.78, 5) is 72.6. The molecule has 0 amide bonds. The van der Waals surface area contributed by atoms with Crippen LogP contribution in [0.3, 0.4) is 0 Å². The first-order valence-corrected chi connectivity index (χ1v) is 40.3. The molecule has 2 unspecified atom stereocenters. The lowest BCUT2D eigenvalue weighted by Crippen LogP contribution is -2.30. The molecule has 91 heavy (non-hydrogen) atoms. The van der Waals surface area contributed by atoms with Crippen molar-refractivity contribution in [2.45, 2.75) is 381 Å². The minimum absolute atomic E-state index is 0.103. The molecule has 5 atom stereocenters. The number of aliphatic hydroxyl groups is 1. The minimum atomic E-state index is -4.95. The van der Waals surface area contributed by atoms with Crippen molar-refractivity contribution in [1.29, 1.82) is 0 Å². The van der Waals surface area contributed by atoms with Crippen molar-refractivity contribution < 1.29 is 80.2 Å². The third kappa shape index (κ3) is 66.5. The highest BCUT2D eigenvalue weighted by atomic mass is 31.2. The van der Waals surface area contributed by atoms with E-state index in [1.165, 1.54) is 167 Å². The number of hydrogen-bond donors (Lipinski definition) is 3. The van der Waals surface area contributed by atoms with Crippen molar-refractivity contribution in [2.75, 3.05) is 39.6 Å². The number of aliphatic hydroxyl groups excluding tert-OH is 1. The number of phosphoric ester groups is 2. The Hall–Kier alpha value is -1.94. The Morgan fingerprint density at radius 2 is 0.505 bits per heavy atom. The number of carbonyl (C=O) groups is 4. The van der Waals surface area contributed by atoms with Gasteiger partial charge in [-0.25, -0.2) is 9.13 Å². The second kappa shape index (κ2) is 62.8.